The number of likely N-dealkylation sites (tertiary alicyclic amines) is 1. The largest absolute Gasteiger partial charge is 0.382 e. The van der Waals surface area contributed by atoms with E-state index in [1.54, 1.807) is 0 Å². The third-order valence-corrected chi connectivity index (χ3v) is 6.71. The van der Waals surface area contributed by atoms with Crippen LogP contribution in [-0.4, -0.2) is 40.4 Å². The first-order valence-electron chi connectivity index (χ1n) is 10.2. The van der Waals surface area contributed by atoms with Gasteiger partial charge in [-0.3, -0.25) is 9.59 Å². The van der Waals surface area contributed by atoms with Crippen LogP contribution in [0.25, 0.3) is 0 Å². The maximum Gasteiger partial charge on any atom is 0.382 e. The SMILES string of the molecule is CCC[N+]1(C(=O)C(=O)C2CCCCC2)CCC(c2ccccc2)C1C(=O)S. The topological polar surface area (TPSA) is 51.2 Å². The smallest absolute Gasteiger partial charge is 0.284 e. The van der Waals surface area contributed by atoms with E-state index in [4.69, 9.17) is 0 Å². The molecule has 0 radical (unpaired) electrons. The number of Topliss-reactive ketones (excluding diaryl/α,β-unsaturated/α-hetero) is 1. The second-order valence-electron chi connectivity index (χ2n) is 8.07. The molecule has 146 valence electrons. The number of nitrogens with zero attached hydrogens (tertiary/aromatic N) is 1. The number of rotatable bonds is 6. The maximum absolute atomic E-state index is 13.5. The lowest BCUT2D eigenvalue weighted by Gasteiger charge is -2.37. The van der Waals surface area contributed by atoms with Crippen LogP contribution in [0.4, 0.5) is 0 Å². The third kappa shape index (κ3) is 3.90. The van der Waals surface area contributed by atoms with Crippen LogP contribution >= 0.6 is 12.6 Å². The van der Waals surface area contributed by atoms with Gasteiger partial charge >= 0.3 is 5.91 Å². The molecule has 1 saturated carbocycles. The molecule has 1 saturated heterocycles. The highest BCUT2D eigenvalue weighted by molar-refractivity contribution is 7.96. The van der Waals surface area contributed by atoms with Gasteiger partial charge in [0.1, 0.15) is 0 Å². The van der Waals surface area contributed by atoms with Gasteiger partial charge in [0, 0.05) is 12.3 Å². The second-order valence-corrected chi connectivity index (χ2v) is 8.52. The zero-order chi connectivity index (χ0) is 19.4. The second kappa shape index (κ2) is 8.70. The van der Waals surface area contributed by atoms with Crippen LogP contribution in [0.15, 0.2) is 30.3 Å². The Hall–Kier alpha value is -1.46. The summed E-state index contributed by atoms with van der Waals surface area (Å²) in [4.78, 5) is 39.2. The number of amides is 1. The van der Waals surface area contributed by atoms with Gasteiger partial charge in [-0.25, -0.2) is 9.28 Å². The summed E-state index contributed by atoms with van der Waals surface area (Å²) in [5.74, 6) is -0.832. The van der Waals surface area contributed by atoms with Crippen molar-refractivity contribution in [1.29, 1.82) is 0 Å². The summed E-state index contributed by atoms with van der Waals surface area (Å²) in [5.41, 5.74) is 1.05. The zero-order valence-electron chi connectivity index (χ0n) is 16.1. The van der Waals surface area contributed by atoms with E-state index in [1.807, 2.05) is 37.3 Å². The molecule has 4 nitrogen and oxygen atoms in total. The highest BCUT2D eigenvalue weighted by Gasteiger charge is 2.58. The number of thiol groups is 1. The van der Waals surface area contributed by atoms with E-state index in [9.17, 15) is 14.4 Å². The fraction of sp³-hybridized carbons (Fsp3) is 0.591. The Kier molecular flexibility index (Phi) is 6.53. The molecule has 1 amide bonds. The summed E-state index contributed by atoms with van der Waals surface area (Å²) >= 11 is 4.18. The van der Waals surface area contributed by atoms with E-state index in [0.29, 0.717) is 13.1 Å². The number of quaternary nitrogens is 1. The highest BCUT2D eigenvalue weighted by Crippen LogP contribution is 2.41. The molecule has 0 aromatic heterocycles. The van der Waals surface area contributed by atoms with Gasteiger partial charge < -0.3 is 0 Å². The van der Waals surface area contributed by atoms with Crippen molar-refractivity contribution < 1.29 is 18.9 Å². The molecular weight excluding hydrogens is 358 g/mol. The minimum Gasteiger partial charge on any atom is -0.284 e. The predicted octanol–water partition coefficient (Wildman–Crippen LogP) is 3.90. The molecule has 1 aromatic rings. The van der Waals surface area contributed by atoms with Crippen molar-refractivity contribution in [3.8, 4) is 0 Å². The Morgan fingerprint density at radius 3 is 2.30 bits per heavy atom. The van der Waals surface area contributed by atoms with Crippen LogP contribution in [0.5, 0.6) is 0 Å². The number of ketones is 1. The molecule has 5 heteroatoms. The van der Waals surface area contributed by atoms with Crippen molar-refractivity contribution in [1.82, 2.24) is 0 Å². The molecule has 3 atom stereocenters. The van der Waals surface area contributed by atoms with Gasteiger partial charge in [-0.1, -0.05) is 69.1 Å². The van der Waals surface area contributed by atoms with E-state index in [1.165, 1.54) is 0 Å². The number of hydrogen-bond donors (Lipinski definition) is 1. The Labute approximate surface area is 167 Å². The number of carbonyl (C=O) groups excluding carboxylic acids is 3. The number of benzene rings is 1. The minimum absolute atomic E-state index is 0.0340. The fourth-order valence-electron chi connectivity index (χ4n) is 5.18. The van der Waals surface area contributed by atoms with Crippen LogP contribution in [0.3, 0.4) is 0 Å². The van der Waals surface area contributed by atoms with E-state index >= 15 is 0 Å². The zero-order valence-corrected chi connectivity index (χ0v) is 17.0. The summed E-state index contributed by atoms with van der Waals surface area (Å²) in [7, 11) is 0. The molecular formula is C22H30NO3S+. The molecule has 2 aliphatic rings. The maximum atomic E-state index is 13.5. The summed E-state index contributed by atoms with van der Waals surface area (Å²) in [6.45, 7) is 3.08. The number of hydrogen-bond acceptors (Lipinski definition) is 3. The van der Waals surface area contributed by atoms with Crippen LogP contribution in [0.1, 0.15) is 63.4 Å². The van der Waals surface area contributed by atoms with Gasteiger partial charge in [-0.2, -0.15) is 0 Å². The number of carbonyl (C=O) groups is 3. The average Bonchev–Trinajstić information content (AvgIpc) is 3.09. The standard InChI is InChI=1S/C22H29NO3S/c1-2-14-23(21(25)20(24)17-11-7-4-8-12-17)15-13-18(19(23)22(26)27)16-9-5-3-6-10-16/h3,5-6,9-10,17-19H,2,4,7-8,11-15H2,1H3/p+1. The van der Waals surface area contributed by atoms with Crippen LogP contribution in [0.2, 0.25) is 0 Å². The van der Waals surface area contributed by atoms with Crippen LogP contribution < -0.4 is 0 Å². The van der Waals surface area contributed by atoms with Gasteiger partial charge in [0.25, 0.3) is 5.78 Å². The van der Waals surface area contributed by atoms with E-state index in [2.05, 4.69) is 12.6 Å². The highest BCUT2D eigenvalue weighted by atomic mass is 32.1. The Morgan fingerprint density at radius 2 is 1.70 bits per heavy atom. The van der Waals surface area contributed by atoms with Crippen molar-refractivity contribution in [2.45, 2.75) is 63.8 Å². The molecule has 1 aromatic carbocycles. The molecule has 1 aliphatic carbocycles. The van der Waals surface area contributed by atoms with E-state index < -0.39 is 6.04 Å². The van der Waals surface area contributed by atoms with Gasteiger partial charge in [-0.15, -0.1) is 0 Å². The molecule has 1 heterocycles. The summed E-state index contributed by atoms with van der Waals surface area (Å²) < 4.78 is -0.0340. The van der Waals surface area contributed by atoms with E-state index in [0.717, 1.165) is 50.5 Å². The average molecular weight is 389 g/mol. The monoisotopic (exact) mass is 388 g/mol. The Balaban J connectivity index is 1.95. The minimum atomic E-state index is -0.573. The van der Waals surface area contributed by atoms with Crippen LogP contribution in [-0.2, 0) is 14.4 Å². The van der Waals surface area contributed by atoms with Gasteiger partial charge in [0.2, 0.25) is 5.12 Å². The van der Waals surface area contributed by atoms with Gasteiger partial charge in [0.05, 0.1) is 19.0 Å². The quantitative estimate of drug-likeness (QED) is 0.457. The summed E-state index contributed by atoms with van der Waals surface area (Å²) in [5, 5.41) is -0.278. The normalized spacial score (nSPS) is 28.8. The Bertz CT molecular complexity index is 699. The van der Waals surface area contributed by atoms with Crippen molar-refractivity contribution >= 4 is 29.4 Å². The molecule has 0 N–H and O–H groups in total. The Morgan fingerprint density at radius 1 is 1.04 bits per heavy atom. The predicted molar refractivity (Wildman–Crippen MR) is 108 cm³/mol. The first-order valence-corrected chi connectivity index (χ1v) is 10.7. The molecule has 2 fully saturated rings. The molecule has 27 heavy (non-hydrogen) atoms. The van der Waals surface area contributed by atoms with Gasteiger partial charge in [-0.05, 0) is 24.8 Å². The van der Waals surface area contributed by atoms with Crippen molar-refractivity contribution in [3.63, 3.8) is 0 Å². The molecule has 0 bridgehead atoms. The summed E-state index contributed by atoms with van der Waals surface area (Å²) in [6.07, 6.45) is 6.25. The van der Waals surface area contributed by atoms with Crippen molar-refractivity contribution in [2.24, 2.45) is 5.92 Å². The molecule has 3 rings (SSSR count). The van der Waals surface area contributed by atoms with Crippen molar-refractivity contribution in [2.75, 3.05) is 13.1 Å². The van der Waals surface area contributed by atoms with Crippen LogP contribution in [0, 0.1) is 5.92 Å². The fourth-order valence-corrected chi connectivity index (χ4v) is 5.58. The molecule has 0 spiro atoms. The van der Waals surface area contributed by atoms with Gasteiger partial charge in [0.15, 0.2) is 6.04 Å². The lowest BCUT2D eigenvalue weighted by Crippen LogP contribution is -2.62. The molecule has 3 unspecified atom stereocenters. The van der Waals surface area contributed by atoms with E-state index in [-0.39, 0.29) is 33.1 Å². The lowest BCUT2D eigenvalue weighted by atomic mass is 9.85. The third-order valence-electron chi connectivity index (χ3n) is 6.45. The summed E-state index contributed by atoms with van der Waals surface area (Å²) in [6, 6.07) is 9.30. The first-order chi connectivity index (χ1) is 13.0. The first kappa shape index (κ1) is 20.3. The van der Waals surface area contributed by atoms with Crippen molar-refractivity contribution in [3.05, 3.63) is 35.9 Å². The molecule has 1 aliphatic heterocycles. The lowest BCUT2D eigenvalue weighted by molar-refractivity contribution is -0.854.